The Morgan fingerprint density at radius 3 is 2.62 bits per heavy atom. The monoisotopic (exact) mass is 385 g/mol. The Kier molecular flexibility index (Phi) is 4.99. The van der Waals surface area contributed by atoms with Crippen LogP contribution in [0.1, 0.15) is 35.5 Å². The molecule has 1 atom stereocenters. The lowest BCUT2D eigenvalue weighted by Crippen LogP contribution is -2.15. The van der Waals surface area contributed by atoms with Gasteiger partial charge in [0, 0.05) is 47.2 Å². The van der Waals surface area contributed by atoms with Crippen LogP contribution in [0.25, 0.3) is 10.9 Å². The summed E-state index contributed by atoms with van der Waals surface area (Å²) in [5.41, 5.74) is 5.91. The molecule has 6 heteroatoms. The summed E-state index contributed by atoms with van der Waals surface area (Å²) in [6, 6.07) is 15.6. The summed E-state index contributed by atoms with van der Waals surface area (Å²) in [7, 11) is 0. The summed E-state index contributed by atoms with van der Waals surface area (Å²) in [4.78, 5) is 24.0. The molecule has 0 spiro atoms. The second-order valence-electron chi connectivity index (χ2n) is 7.16. The van der Waals surface area contributed by atoms with E-state index in [4.69, 9.17) is 0 Å². The summed E-state index contributed by atoms with van der Waals surface area (Å²) < 4.78 is 0. The first-order valence-corrected chi connectivity index (χ1v) is 9.51. The summed E-state index contributed by atoms with van der Waals surface area (Å²) in [5, 5.41) is 7.45. The fraction of sp³-hybridized carbons (Fsp3) is 0.174. The van der Waals surface area contributed by atoms with Crippen LogP contribution in [0.4, 0.5) is 11.5 Å². The maximum atomic E-state index is 11.5. The Hall–Kier alpha value is -3.67. The average Bonchev–Trinajstić information content (AvgIpc) is 3.01. The Morgan fingerprint density at radius 2 is 1.90 bits per heavy atom. The number of pyridine rings is 2. The molecular weight excluding hydrogens is 362 g/mol. The number of nitrogens with zero attached hydrogens (tertiary/aromatic N) is 2. The number of amides is 1. The summed E-state index contributed by atoms with van der Waals surface area (Å²) in [6.45, 7) is 5.60. The molecule has 3 N–H and O–H groups in total. The van der Waals surface area contributed by atoms with Crippen LogP contribution in [0, 0.1) is 13.8 Å². The Balaban J connectivity index is 1.86. The van der Waals surface area contributed by atoms with Crippen LogP contribution >= 0.6 is 0 Å². The fourth-order valence-corrected chi connectivity index (χ4v) is 3.60. The third kappa shape index (κ3) is 3.96. The van der Waals surface area contributed by atoms with Gasteiger partial charge >= 0.3 is 0 Å². The highest BCUT2D eigenvalue weighted by atomic mass is 16.1. The van der Waals surface area contributed by atoms with E-state index in [0.717, 1.165) is 44.9 Å². The Morgan fingerprint density at radius 1 is 1.03 bits per heavy atom. The number of nitrogens with one attached hydrogen (secondary N) is 3. The van der Waals surface area contributed by atoms with Crippen LogP contribution < -0.4 is 10.6 Å². The van der Waals surface area contributed by atoms with E-state index >= 15 is 0 Å². The van der Waals surface area contributed by atoms with Crippen molar-refractivity contribution in [2.45, 2.75) is 26.8 Å². The second-order valence-corrected chi connectivity index (χ2v) is 7.16. The van der Waals surface area contributed by atoms with Gasteiger partial charge < -0.3 is 15.6 Å². The van der Waals surface area contributed by atoms with E-state index < -0.39 is 0 Å². The van der Waals surface area contributed by atoms with Gasteiger partial charge in [0.25, 0.3) is 0 Å². The number of hydrogen-bond acceptors (Lipinski definition) is 4. The Bertz CT molecular complexity index is 1170. The highest BCUT2D eigenvalue weighted by Gasteiger charge is 2.22. The first-order chi connectivity index (χ1) is 14.0. The minimum absolute atomic E-state index is 0.0958. The number of rotatable bonds is 5. The zero-order chi connectivity index (χ0) is 20.4. The summed E-state index contributed by atoms with van der Waals surface area (Å²) >= 11 is 0. The molecule has 1 amide bonds. The number of hydrogen-bond donors (Lipinski definition) is 3. The fourth-order valence-electron chi connectivity index (χ4n) is 3.60. The van der Waals surface area contributed by atoms with Crippen molar-refractivity contribution in [2.75, 3.05) is 10.6 Å². The van der Waals surface area contributed by atoms with E-state index in [-0.39, 0.29) is 11.9 Å². The molecule has 0 fully saturated rings. The molecular formula is C23H23N5O. The zero-order valence-electron chi connectivity index (χ0n) is 16.7. The predicted octanol–water partition coefficient (Wildman–Crippen LogP) is 4.73. The van der Waals surface area contributed by atoms with E-state index in [1.54, 1.807) is 12.4 Å². The highest BCUT2D eigenvalue weighted by Crippen LogP contribution is 2.34. The van der Waals surface area contributed by atoms with Crippen LogP contribution in [-0.4, -0.2) is 20.9 Å². The highest BCUT2D eigenvalue weighted by molar-refractivity contribution is 5.94. The lowest BCUT2D eigenvalue weighted by molar-refractivity contribution is -0.114. The molecule has 29 heavy (non-hydrogen) atoms. The first kappa shape index (κ1) is 18.7. The van der Waals surface area contributed by atoms with Crippen LogP contribution in [0.15, 0.2) is 60.9 Å². The molecule has 3 aromatic heterocycles. The number of aryl methyl sites for hydroxylation is 2. The number of aromatic amines is 1. The van der Waals surface area contributed by atoms with Crippen molar-refractivity contribution in [1.82, 2.24) is 15.0 Å². The van der Waals surface area contributed by atoms with Gasteiger partial charge in [0.15, 0.2) is 0 Å². The van der Waals surface area contributed by atoms with E-state index in [1.807, 2.05) is 55.5 Å². The quantitative estimate of drug-likeness (QED) is 0.464. The van der Waals surface area contributed by atoms with Crippen LogP contribution in [-0.2, 0) is 4.79 Å². The molecule has 1 aromatic carbocycles. The van der Waals surface area contributed by atoms with Crippen LogP contribution in [0.5, 0.6) is 0 Å². The van der Waals surface area contributed by atoms with Crippen LogP contribution in [0.3, 0.4) is 0 Å². The number of carbonyl (C=O) groups is 1. The largest absolute Gasteiger partial charge is 0.358 e. The minimum Gasteiger partial charge on any atom is -0.358 e. The Labute approximate surface area is 169 Å². The van der Waals surface area contributed by atoms with E-state index in [0.29, 0.717) is 0 Å². The van der Waals surface area contributed by atoms with Crippen molar-refractivity contribution < 1.29 is 4.79 Å². The molecule has 146 valence electrons. The SMILES string of the molecule is CC(=O)Nc1ccc2[nH]c(C)c([C@H](Nc3cc(C)ccn3)c3ccccn3)c2c1. The van der Waals surface area contributed by atoms with E-state index in [1.165, 1.54) is 6.92 Å². The second kappa shape index (κ2) is 7.75. The topological polar surface area (TPSA) is 82.7 Å². The molecule has 0 unspecified atom stereocenters. The van der Waals surface area contributed by atoms with Gasteiger partial charge in [0.05, 0.1) is 11.7 Å². The number of aromatic nitrogens is 3. The van der Waals surface area contributed by atoms with Crippen molar-refractivity contribution in [3.05, 3.63) is 83.4 Å². The number of benzene rings is 1. The van der Waals surface area contributed by atoms with Gasteiger partial charge in [-0.15, -0.1) is 0 Å². The smallest absolute Gasteiger partial charge is 0.221 e. The number of anilines is 2. The molecule has 4 aromatic rings. The van der Waals surface area contributed by atoms with Gasteiger partial charge in [-0.1, -0.05) is 6.07 Å². The minimum atomic E-state index is -0.202. The molecule has 0 radical (unpaired) electrons. The van der Waals surface area contributed by atoms with E-state index in [9.17, 15) is 4.79 Å². The standard InChI is InChI=1S/C23H23N5O/c1-14-9-11-25-21(12-14)28-23(20-6-4-5-10-24-20)22-15(2)26-19-8-7-17(13-18(19)22)27-16(3)29/h4-13,23,26H,1-3H3,(H,25,28)(H,27,29)/t23-/m1/s1. The maximum Gasteiger partial charge on any atom is 0.221 e. The predicted molar refractivity (Wildman–Crippen MR) is 116 cm³/mol. The molecule has 0 aliphatic heterocycles. The van der Waals surface area contributed by atoms with Crippen molar-refractivity contribution in [3.8, 4) is 0 Å². The van der Waals surface area contributed by atoms with Crippen molar-refractivity contribution in [2.24, 2.45) is 0 Å². The molecule has 0 saturated heterocycles. The molecule has 0 saturated carbocycles. The average molecular weight is 385 g/mol. The number of H-pyrrole nitrogens is 1. The third-order valence-electron chi connectivity index (χ3n) is 4.84. The molecule has 0 aliphatic rings. The number of carbonyl (C=O) groups excluding carboxylic acids is 1. The van der Waals surface area contributed by atoms with E-state index in [2.05, 4.69) is 32.5 Å². The van der Waals surface area contributed by atoms with Gasteiger partial charge in [-0.05, 0) is 61.9 Å². The number of fused-ring (bicyclic) bond motifs is 1. The zero-order valence-corrected chi connectivity index (χ0v) is 16.7. The third-order valence-corrected chi connectivity index (χ3v) is 4.84. The molecule has 3 heterocycles. The lowest BCUT2D eigenvalue weighted by Gasteiger charge is -2.20. The van der Waals surface area contributed by atoms with Gasteiger partial charge in [-0.3, -0.25) is 9.78 Å². The van der Waals surface area contributed by atoms with Gasteiger partial charge in [-0.2, -0.15) is 0 Å². The summed E-state index contributed by atoms with van der Waals surface area (Å²) in [5.74, 6) is 0.689. The normalized spacial score (nSPS) is 12.0. The van der Waals surface area contributed by atoms with Crippen LogP contribution in [0.2, 0.25) is 0 Å². The van der Waals surface area contributed by atoms with Gasteiger partial charge in [0.2, 0.25) is 5.91 Å². The van der Waals surface area contributed by atoms with Crippen molar-refractivity contribution >= 4 is 28.3 Å². The maximum absolute atomic E-state index is 11.5. The van der Waals surface area contributed by atoms with Crippen molar-refractivity contribution in [3.63, 3.8) is 0 Å². The lowest BCUT2D eigenvalue weighted by atomic mass is 9.99. The molecule has 4 rings (SSSR count). The molecule has 0 bridgehead atoms. The summed E-state index contributed by atoms with van der Waals surface area (Å²) in [6.07, 6.45) is 3.59. The molecule has 6 nitrogen and oxygen atoms in total. The van der Waals surface area contributed by atoms with Gasteiger partial charge in [-0.25, -0.2) is 4.98 Å². The van der Waals surface area contributed by atoms with Gasteiger partial charge in [0.1, 0.15) is 5.82 Å². The molecule has 0 aliphatic carbocycles. The first-order valence-electron chi connectivity index (χ1n) is 9.51. The van der Waals surface area contributed by atoms with Crippen molar-refractivity contribution in [1.29, 1.82) is 0 Å².